The summed E-state index contributed by atoms with van der Waals surface area (Å²) >= 11 is 0. The maximum Gasteiger partial charge on any atom is 0.259 e. The summed E-state index contributed by atoms with van der Waals surface area (Å²) in [5.41, 5.74) is 16.7. The Bertz CT molecular complexity index is 2290. The van der Waals surface area contributed by atoms with Gasteiger partial charge in [0, 0.05) is 62.7 Å². The topological polar surface area (TPSA) is 214 Å². The van der Waals surface area contributed by atoms with E-state index in [-0.39, 0.29) is 61.7 Å². The van der Waals surface area contributed by atoms with Gasteiger partial charge in [-0.3, -0.25) is 9.36 Å². The van der Waals surface area contributed by atoms with Crippen molar-refractivity contribution in [2.75, 3.05) is 47.5 Å². The predicted octanol–water partition coefficient (Wildman–Crippen LogP) is 6.73. The van der Waals surface area contributed by atoms with E-state index in [1.54, 1.807) is 29.1 Å². The van der Waals surface area contributed by atoms with Crippen LogP contribution in [0.5, 0.6) is 0 Å². The highest BCUT2D eigenvalue weighted by molar-refractivity contribution is 7.44. The van der Waals surface area contributed by atoms with Crippen molar-refractivity contribution in [2.24, 2.45) is 5.73 Å². The van der Waals surface area contributed by atoms with E-state index in [0.717, 1.165) is 37.2 Å². The average molecular weight is 827 g/mol. The molecule has 6 N–H and O–H groups in total. The minimum Gasteiger partial charge on any atom is -0.416 e. The Balaban J connectivity index is 1.12. The molecule has 2 aliphatic heterocycles. The lowest BCUT2D eigenvalue weighted by Gasteiger charge is -2.36. The molecule has 1 amide bonds. The van der Waals surface area contributed by atoms with Gasteiger partial charge in [-0.2, -0.15) is 9.97 Å². The lowest BCUT2D eigenvalue weighted by atomic mass is 10.1. The monoisotopic (exact) mass is 826 g/mol. The van der Waals surface area contributed by atoms with Crippen LogP contribution in [-0.4, -0.2) is 96.9 Å². The number of rotatable bonds is 15. The van der Waals surface area contributed by atoms with Crippen LogP contribution < -0.4 is 27.0 Å². The number of aromatic nitrogens is 6. The molecule has 18 nitrogen and oxygen atoms in total. The smallest absolute Gasteiger partial charge is 0.259 e. The molecule has 19 heteroatoms. The summed E-state index contributed by atoms with van der Waals surface area (Å²) in [5.74, 6) is 0.619. The molecule has 4 atom stereocenters. The number of imidazole rings is 1. The van der Waals surface area contributed by atoms with Crippen LogP contribution in [0.25, 0.3) is 38.9 Å². The Morgan fingerprint density at radius 1 is 1.08 bits per heavy atom. The van der Waals surface area contributed by atoms with Crippen molar-refractivity contribution in [3.63, 3.8) is 0 Å². The van der Waals surface area contributed by atoms with Gasteiger partial charge in [0.15, 0.2) is 11.5 Å². The van der Waals surface area contributed by atoms with E-state index in [1.165, 1.54) is 6.92 Å². The minimum atomic E-state index is -1.56. The molecule has 2 fully saturated rings. The fourth-order valence-electron chi connectivity index (χ4n) is 7.22. The van der Waals surface area contributed by atoms with Gasteiger partial charge < -0.3 is 50.0 Å². The average Bonchev–Trinajstić information content (AvgIpc) is 3.98. The molecule has 0 saturated carbocycles. The van der Waals surface area contributed by atoms with Crippen LogP contribution in [0.1, 0.15) is 68.4 Å². The molecule has 2 aromatic carbocycles. The first-order chi connectivity index (χ1) is 28.9. The summed E-state index contributed by atoms with van der Waals surface area (Å²) < 4.78 is 37.5. The van der Waals surface area contributed by atoms with E-state index in [4.69, 9.17) is 42.6 Å². The Morgan fingerprint density at radius 3 is 2.47 bits per heavy atom. The predicted molar refractivity (Wildman–Crippen MR) is 227 cm³/mol. The first-order valence-electron chi connectivity index (χ1n) is 20.4. The first kappa shape index (κ1) is 40.5. The molecule has 5 heterocycles. The molecule has 0 bridgehead atoms. The van der Waals surface area contributed by atoms with Gasteiger partial charge in [-0.1, -0.05) is 0 Å². The van der Waals surface area contributed by atoms with Crippen LogP contribution in [0.2, 0.25) is 0 Å². The van der Waals surface area contributed by atoms with Gasteiger partial charge >= 0.3 is 0 Å². The Labute approximate surface area is 346 Å². The van der Waals surface area contributed by atoms with Crippen molar-refractivity contribution in [1.29, 1.82) is 0 Å². The van der Waals surface area contributed by atoms with Crippen molar-refractivity contribution in [3.05, 3.63) is 60.2 Å². The molecule has 0 radical (unpaired) electrons. The Morgan fingerprint density at radius 2 is 1.80 bits per heavy atom. The first-order valence-corrected chi connectivity index (χ1v) is 20.8. The number of nitrogens with zero attached hydrogens (tertiary/aromatic N) is 9. The van der Waals surface area contributed by atoms with Crippen molar-refractivity contribution < 1.29 is 24.4 Å². The van der Waals surface area contributed by atoms with Crippen LogP contribution in [0.4, 0.5) is 28.8 Å². The van der Waals surface area contributed by atoms with Gasteiger partial charge in [0.05, 0.1) is 29.9 Å². The third kappa shape index (κ3) is 9.62. The number of piperidine rings is 1. The molecule has 59 heavy (non-hydrogen) atoms. The zero-order valence-electron chi connectivity index (χ0n) is 34.9. The highest BCUT2D eigenvalue weighted by Crippen LogP contribution is 2.50. The molecule has 2 aliphatic rings. The number of nitrogens with two attached hydrogens (primary N) is 2. The van der Waals surface area contributed by atoms with Crippen LogP contribution in [0, 0.1) is 6.57 Å². The maximum absolute atomic E-state index is 12.3. The van der Waals surface area contributed by atoms with Gasteiger partial charge in [-0.05, 0) is 89.9 Å². The summed E-state index contributed by atoms with van der Waals surface area (Å²) in [6, 6.07) is 13.8. The van der Waals surface area contributed by atoms with Gasteiger partial charge in [0.1, 0.15) is 18.4 Å². The van der Waals surface area contributed by atoms with E-state index in [1.807, 2.05) is 24.3 Å². The largest absolute Gasteiger partial charge is 0.416 e. The standard InChI is InChI=1S/C40H52N13O5P/c1-23(2)53(24(3)4)59(55-19-16-43-7)58-33-21-34(56-25(33)5)52-22-44-35-36(42)47-40(48-37(35)52)46-32-20-28(10-13-31(32)45-26(6)54)39-50-49-38(57-39)27-8-11-30(12-9-27)51-17-14-29(41)15-18-51/h8-13,20,22-25,29,33-34H,14-19,21,41H2,1-6H3,(H,45,54)(H3,42,46,47,48)/t25-,33?,34-,59?/m1/s1/i5D. The van der Waals surface area contributed by atoms with Crippen LogP contribution in [0.3, 0.4) is 0 Å². The number of nitrogens with one attached hydrogen (secondary N) is 2. The number of nitrogen functional groups attached to an aromatic ring is 1. The van der Waals surface area contributed by atoms with E-state index < -0.39 is 27.0 Å². The second-order valence-electron chi connectivity index (χ2n) is 15.1. The van der Waals surface area contributed by atoms with Crippen molar-refractivity contribution >= 4 is 54.4 Å². The number of ether oxygens (including phenoxy) is 1. The summed E-state index contributed by atoms with van der Waals surface area (Å²) in [4.78, 5) is 31.8. The Kier molecular flexibility index (Phi) is 12.6. The summed E-state index contributed by atoms with van der Waals surface area (Å²) in [6.45, 7) is 19.2. The SMILES string of the molecule is [2H]C[C@H]1O[C@@H](n2cnc3c(N)nc(Nc4cc(-c5nnc(-c6ccc(N7CCC(N)CC7)cc6)o5)ccc4NC(C)=O)nc32)CC1OP(OCC[N+]#[C-])N(C(C)C)C(C)C. The number of carbonyl (C=O) groups excluding carboxylic acids is 1. The van der Waals surface area contributed by atoms with Gasteiger partial charge in [-0.25, -0.2) is 16.2 Å². The van der Waals surface area contributed by atoms with E-state index in [0.29, 0.717) is 40.4 Å². The highest BCUT2D eigenvalue weighted by atomic mass is 31.2. The van der Waals surface area contributed by atoms with E-state index >= 15 is 0 Å². The van der Waals surface area contributed by atoms with Gasteiger partial charge in [0.25, 0.3) is 8.53 Å². The minimum absolute atomic E-state index is 0.0446. The van der Waals surface area contributed by atoms with E-state index in [9.17, 15) is 4.79 Å². The number of benzene rings is 2. The quantitative estimate of drug-likeness (QED) is 0.0489. The second-order valence-corrected chi connectivity index (χ2v) is 16.5. The van der Waals surface area contributed by atoms with Crippen molar-refractivity contribution in [3.8, 4) is 22.9 Å². The molecular weight excluding hydrogens is 774 g/mol. The second kappa shape index (κ2) is 18.3. The van der Waals surface area contributed by atoms with E-state index in [2.05, 4.69) is 72.9 Å². The van der Waals surface area contributed by atoms with Crippen LogP contribution >= 0.6 is 8.53 Å². The molecule has 2 saturated heterocycles. The number of anilines is 5. The Hall–Kier alpha value is -5.28. The fraction of sp³-hybridized carbons (Fsp3) is 0.475. The number of hydrogen-bond acceptors (Lipinski definition) is 15. The van der Waals surface area contributed by atoms with Crippen molar-refractivity contribution in [2.45, 2.75) is 97.3 Å². The molecule has 0 spiro atoms. The third-order valence-electron chi connectivity index (χ3n) is 10.1. The zero-order chi connectivity index (χ0) is 42.5. The van der Waals surface area contributed by atoms with Crippen LogP contribution in [-0.2, 0) is 18.6 Å². The normalized spacial score (nSPS) is 19.4. The summed E-state index contributed by atoms with van der Waals surface area (Å²) in [7, 11) is -1.56. The molecule has 2 unspecified atom stereocenters. The molecule has 3 aromatic heterocycles. The number of amides is 1. The highest BCUT2D eigenvalue weighted by Gasteiger charge is 2.40. The molecule has 0 aliphatic carbocycles. The molecule has 5 aromatic rings. The molecule has 7 rings (SSSR count). The van der Waals surface area contributed by atoms with Crippen molar-refractivity contribution in [1.82, 2.24) is 34.4 Å². The summed E-state index contributed by atoms with van der Waals surface area (Å²) in [5, 5.41) is 14.7. The number of fused-ring (bicyclic) bond motifs is 1. The fourth-order valence-corrected chi connectivity index (χ4v) is 8.97. The lowest BCUT2D eigenvalue weighted by Crippen LogP contribution is -2.39. The number of hydrogen-bond donors (Lipinski definition) is 4. The molecule has 312 valence electrons. The van der Waals surface area contributed by atoms with Crippen LogP contribution in [0.15, 0.2) is 53.2 Å². The summed E-state index contributed by atoms with van der Waals surface area (Å²) in [6.07, 6.45) is 2.27. The zero-order valence-corrected chi connectivity index (χ0v) is 34.8. The number of carbonyl (C=O) groups is 1. The molecular formula is C40H52N13O5P. The lowest BCUT2D eigenvalue weighted by molar-refractivity contribution is -0.114. The maximum atomic E-state index is 12.3. The third-order valence-corrected chi connectivity index (χ3v) is 12.2. The van der Waals surface area contributed by atoms with Gasteiger partial charge in [0.2, 0.25) is 30.2 Å². The van der Waals surface area contributed by atoms with Gasteiger partial charge in [-0.15, -0.1) is 10.2 Å².